The van der Waals surface area contributed by atoms with Gasteiger partial charge in [-0.2, -0.15) is 0 Å². The summed E-state index contributed by atoms with van der Waals surface area (Å²) in [4.78, 5) is 12.8. The van der Waals surface area contributed by atoms with Crippen molar-refractivity contribution in [2.24, 2.45) is 7.05 Å². The second-order valence-electron chi connectivity index (χ2n) is 7.36. The second-order valence-corrected chi connectivity index (χ2v) is 7.36. The number of para-hydroxylation sites is 1. The van der Waals surface area contributed by atoms with E-state index in [0.717, 1.165) is 11.9 Å². The van der Waals surface area contributed by atoms with Crippen LogP contribution < -0.4 is 5.32 Å². The minimum atomic E-state index is -0.319. The number of hydrogen-bond acceptors (Lipinski definition) is 1. The van der Waals surface area contributed by atoms with Gasteiger partial charge < -0.3 is 9.88 Å². The van der Waals surface area contributed by atoms with Crippen LogP contribution in [0.3, 0.4) is 0 Å². The van der Waals surface area contributed by atoms with Crippen LogP contribution in [0.4, 0.5) is 10.1 Å². The first-order chi connectivity index (χ1) is 14.1. The van der Waals surface area contributed by atoms with Gasteiger partial charge in [0.15, 0.2) is 0 Å². The van der Waals surface area contributed by atoms with E-state index < -0.39 is 0 Å². The largest absolute Gasteiger partial charge is 0.350 e. The summed E-state index contributed by atoms with van der Waals surface area (Å²) in [5.41, 5.74) is 4.12. The van der Waals surface area contributed by atoms with Crippen molar-refractivity contribution in [1.82, 2.24) is 4.57 Å². The molecule has 0 aliphatic rings. The van der Waals surface area contributed by atoms with Crippen LogP contribution in [0.15, 0.2) is 85.1 Å². The standard InChI is InChI=1S/C25H23FN2O/c1-28-17-23(22-9-5-6-10-24(22)28)19(15-18-7-3-2-4-8-18)16-25(29)27-21-13-11-20(26)12-14-21/h2-14,17,19H,15-16H2,1H3,(H,27,29). The Morgan fingerprint density at radius 3 is 2.41 bits per heavy atom. The van der Waals surface area contributed by atoms with E-state index in [0.29, 0.717) is 12.1 Å². The van der Waals surface area contributed by atoms with Crippen LogP contribution in [0.2, 0.25) is 0 Å². The zero-order chi connectivity index (χ0) is 20.2. The lowest BCUT2D eigenvalue weighted by molar-refractivity contribution is -0.116. The lowest BCUT2D eigenvalue weighted by Gasteiger charge is -2.17. The number of carbonyl (C=O) groups excluding carboxylic acids is 1. The summed E-state index contributed by atoms with van der Waals surface area (Å²) in [6.07, 6.45) is 3.25. The van der Waals surface area contributed by atoms with Crippen LogP contribution >= 0.6 is 0 Å². The zero-order valence-corrected chi connectivity index (χ0v) is 16.3. The van der Waals surface area contributed by atoms with Crippen molar-refractivity contribution in [1.29, 1.82) is 0 Å². The van der Waals surface area contributed by atoms with Gasteiger partial charge in [0.05, 0.1) is 0 Å². The van der Waals surface area contributed by atoms with E-state index in [1.807, 2.05) is 37.4 Å². The van der Waals surface area contributed by atoms with Gasteiger partial charge >= 0.3 is 0 Å². The van der Waals surface area contributed by atoms with E-state index in [1.165, 1.54) is 28.6 Å². The molecule has 1 atom stereocenters. The summed E-state index contributed by atoms with van der Waals surface area (Å²) in [6, 6.07) is 24.4. The van der Waals surface area contributed by atoms with Gasteiger partial charge in [0.2, 0.25) is 5.91 Å². The first-order valence-electron chi connectivity index (χ1n) is 9.73. The van der Waals surface area contributed by atoms with Gasteiger partial charge in [-0.3, -0.25) is 4.79 Å². The summed E-state index contributed by atoms with van der Waals surface area (Å²) in [7, 11) is 2.03. The van der Waals surface area contributed by atoms with Crippen molar-refractivity contribution in [3.8, 4) is 0 Å². The Balaban J connectivity index is 1.63. The third kappa shape index (κ3) is 4.37. The van der Waals surface area contributed by atoms with Crippen molar-refractivity contribution >= 4 is 22.5 Å². The highest BCUT2D eigenvalue weighted by atomic mass is 19.1. The van der Waals surface area contributed by atoms with Crippen LogP contribution in [0.1, 0.15) is 23.5 Å². The fourth-order valence-corrected chi connectivity index (χ4v) is 3.86. The molecule has 1 unspecified atom stereocenters. The SMILES string of the molecule is Cn1cc(C(CC(=O)Nc2ccc(F)cc2)Cc2ccccc2)c2ccccc21. The van der Waals surface area contributed by atoms with Crippen LogP contribution in [-0.4, -0.2) is 10.5 Å². The third-order valence-corrected chi connectivity index (χ3v) is 5.25. The molecule has 1 heterocycles. The maximum absolute atomic E-state index is 13.1. The number of carbonyl (C=O) groups is 1. The summed E-state index contributed by atoms with van der Waals surface area (Å²) in [5, 5.41) is 4.07. The molecule has 3 nitrogen and oxygen atoms in total. The molecule has 4 aromatic rings. The molecule has 0 fully saturated rings. The van der Waals surface area contributed by atoms with E-state index in [4.69, 9.17) is 0 Å². The first kappa shape index (κ1) is 18.9. The van der Waals surface area contributed by atoms with E-state index in [1.54, 1.807) is 12.1 Å². The first-order valence-corrected chi connectivity index (χ1v) is 9.73. The van der Waals surface area contributed by atoms with Gasteiger partial charge in [0.25, 0.3) is 0 Å². The Morgan fingerprint density at radius 2 is 1.66 bits per heavy atom. The molecule has 4 rings (SSSR count). The molecule has 29 heavy (non-hydrogen) atoms. The van der Waals surface area contributed by atoms with Crippen LogP contribution in [0.25, 0.3) is 10.9 Å². The Hall–Kier alpha value is -3.40. The van der Waals surface area contributed by atoms with Gasteiger partial charge in [-0.1, -0.05) is 48.5 Å². The normalized spacial score (nSPS) is 12.1. The summed E-state index contributed by atoms with van der Waals surface area (Å²) >= 11 is 0. The fourth-order valence-electron chi connectivity index (χ4n) is 3.86. The maximum atomic E-state index is 13.1. The number of halogens is 1. The molecule has 4 heteroatoms. The second kappa shape index (κ2) is 8.31. The Kier molecular flexibility index (Phi) is 5.43. The third-order valence-electron chi connectivity index (χ3n) is 5.25. The van der Waals surface area contributed by atoms with Gasteiger partial charge in [-0.25, -0.2) is 4.39 Å². The monoisotopic (exact) mass is 386 g/mol. The summed E-state index contributed by atoms with van der Waals surface area (Å²) < 4.78 is 15.2. The number of rotatable bonds is 6. The molecule has 146 valence electrons. The van der Waals surface area contributed by atoms with Crippen LogP contribution in [-0.2, 0) is 18.3 Å². The van der Waals surface area contributed by atoms with Crippen molar-refractivity contribution < 1.29 is 9.18 Å². The predicted octanol–water partition coefficient (Wildman–Crippen LogP) is 5.67. The van der Waals surface area contributed by atoms with Gasteiger partial charge in [0, 0.05) is 36.3 Å². The van der Waals surface area contributed by atoms with Gasteiger partial charge in [-0.05, 0) is 53.8 Å². The molecular formula is C25H23FN2O. The molecule has 1 aromatic heterocycles. The number of hydrogen-bond donors (Lipinski definition) is 1. The Labute approximate surface area is 169 Å². The molecule has 3 aromatic carbocycles. The highest BCUT2D eigenvalue weighted by Crippen LogP contribution is 2.32. The highest BCUT2D eigenvalue weighted by molar-refractivity contribution is 5.92. The number of anilines is 1. The predicted molar refractivity (Wildman–Crippen MR) is 115 cm³/mol. The lowest BCUT2D eigenvalue weighted by Crippen LogP contribution is -2.17. The maximum Gasteiger partial charge on any atom is 0.224 e. The molecule has 0 spiro atoms. The van der Waals surface area contributed by atoms with Gasteiger partial charge in [0.1, 0.15) is 5.82 Å². The van der Waals surface area contributed by atoms with Crippen LogP contribution in [0.5, 0.6) is 0 Å². The minimum absolute atomic E-state index is 0.0314. The fraction of sp³-hybridized carbons (Fsp3) is 0.160. The minimum Gasteiger partial charge on any atom is -0.350 e. The molecule has 0 aliphatic heterocycles. The number of aryl methyl sites for hydroxylation is 1. The smallest absolute Gasteiger partial charge is 0.224 e. The number of fused-ring (bicyclic) bond motifs is 1. The van der Waals surface area contributed by atoms with Crippen molar-refractivity contribution in [3.63, 3.8) is 0 Å². The molecule has 0 bridgehead atoms. The molecule has 0 saturated carbocycles. The number of amides is 1. The molecule has 1 amide bonds. The summed E-state index contributed by atoms with van der Waals surface area (Å²) in [6.45, 7) is 0. The molecule has 0 aliphatic carbocycles. The van der Waals surface area contributed by atoms with Crippen molar-refractivity contribution in [3.05, 3.63) is 102 Å². The van der Waals surface area contributed by atoms with Crippen molar-refractivity contribution in [2.45, 2.75) is 18.8 Å². The number of nitrogens with one attached hydrogen (secondary N) is 1. The van der Waals surface area contributed by atoms with E-state index >= 15 is 0 Å². The average molecular weight is 386 g/mol. The van der Waals surface area contributed by atoms with Crippen LogP contribution in [0, 0.1) is 5.82 Å². The van der Waals surface area contributed by atoms with E-state index in [9.17, 15) is 9.18 Å². The van der Waals surface area contributed by atoms with Gasteiger partial charge in [-0.15, -0.1) is 0 Å². The zero-order valence-electron chi connectivity index (χ0n) is 16.3. The Morgan fingerprint density at radius 1 is 0.966 bits per heavy atom. The molecular weight excluding hydrogens is 363 g/mol. The number of aromatic nitrogens is 1. The Bertz CT molecular complexity index is 1120. The molecule has 0 radical (unpaired) electrons. The topological polar surface area (TPSA) is 34.0 Å². The van der Waals surface area contributed by atoms with E-state index in [-0.39, 0.29) is 17.6 Å². The number of benzene rings is 3. The average Bonchev–Trinajstić information content (AvgIpc) is 3.07. The summed E-state index contributed by atoms with van der Waals surface area (Å²) in [5.74, 6) is -0.366. The highest BCUT2D eigenvalue weighted by Gasteiger charge is 2.21. The quantitative estimate of drug-likeness (QED) is 0.455. The molecule has 1 N–H and O–H groups in total. The number of nitrogens with zero attached hydrogens (tertiary/aromatic N) is 1. The molecule has 0 saturated heterocycles. The van der Waals surface area contributed by atoms with Crippen molar-refractivity contribution in [2.75, 3.05) is 5.32 Å². The van der Waals surface area contributed by atoms with E-state index in [2.05, 4.69) is 40.3 Å². The lowest BCUT2D eigenvalue weighted by atomic mass is 9.88.